The number of hydrogen-bond acceptors (Lipinski definition) is 2. The third-order valence-corrected chi connectivity index (χ3v) is 2.68. The molecule has 4 nitrogen and oxygen atoms in total. The van der Waals surface area contributed by atoms with E-state index in [4.69, 9.17) is 16.3 Å². The van der Waals surface area contributed by atoms with Gasteiger partial charge in [-0.1, -0.05) is 11.6 Å². The molecule has 1 unspecified atom stereocenters. The van der Waals surface area contributed by atoms with E-state index in [0.717, 1.165) is 11.7 Å². The van der Waals surface area contributed by atoms with E-state index in [2.05, 4.69) is 36.4 Å². The van der Waals surface area contributed by atoms with E-state index in [1.807, 2.05) is 31.2 Å². The Balaban J connectivity index is 0.00000400. The predicted octanol–water partition coefficient (Wildman–Crippen LogP) is 3.69. The number of aliphatic imine (C=N–C) groups is 1. The van der Waals surface area contributed by atoms with Gasteiger partial charge in [0.2, 0.25) is 0 Å². The first kappa shape index (κ1) is 20.3. The van der Waals surface area contributed by atoms with Crippen molar-refractivity contribution in [3.8, 4) is 5.75 Å². The molecule has 0 fully saturated rings. The normalized spacial score (nSPS) is 13.1. The van der Waals surface area contributed by atoms with Gasteiger partial charge in [-0.25, -0.2) is 0 Å². The number of rotatable bonds is 4. The molecule has 1 aromatic rings. The molecule has 2 N–H and O–H groups in total. The second-order valence-corrected chi connectivity index (χ2v) is 6.15. The fraction of sp³-hybridized carbons (Fsp3) is 0.533. The van der Waals surface area contributed by atoms with Gasteiger partial charge in [0.1, 0.15) is 11.9 Å². The van der Waals surface area contributed by atoms with Crippen LogP contribution in [0.5, 0.6) is 5.75 Å². The number of nitrogens with one attached hydrogen (secondary N) is 2. The molecule has 0 aromatic heterocycles. The lowest BCUT2D eigenvalue weighted by Crippen LogP contribution is -2.49. The third-order valence-electron chi connectivity index (χ3n) is 2.42. The minimum absolute atomic E-state index is 0. The summed E-state index contributed by atoms with van der Waals surface area (Å²) >= 11 is 5.84. The molecule has 1 rings (SSSR count). The van der Waals surface area contributed by atoms with Crippen molar-refractivity contribution >= 4 is 41.5 Å². The zero-order valence-electron chi connectivity index (χ0n) is 13.2. The molecule has 0 aliphatic carbocycles. The molecule has 0 saturated heterocycles. The van der Waals surface area contributed by atoms with Gasteiger partial charge in [-0.15, -0.1) is 24.0 Å². The molecule has 120 valence electrons. The smallest absolute Gasteiger partial charge is 0.191 e. The summed E-state index contributed by atoms with van der Waals surface area (Å²) in [6.07, 6.45) is 0.0229. The van der Waals surface area contributed by atoms with Crippen molar-refractivity contribution in [1.29, 1.82) is 0 Å². The van der Waals surface area contributed by atoms with Crippen LogP contribution in [0, 0.1) is 0 Å². The van der Waals surface area contributed by atoms with Gasteiger partial charge in [-0.05, 0) is 52.0 Å². The van der Waals surface area contributed by atoms with Gasteiger partial charge in [0.15, 0.2) is 5.96 Å². The second kappa shape index (κ2) is 9.35. The predicted molar refractivity (Wildman–Crippen MR) is 101 cm³/mol. The Morgan fingerprint density at radius 3 is 2.33 bits per heavy atom. The molecule has 1 aromatic carbocycles. The average molecular weight is 426 g/mol. The summed E-state index contributed by atoms with van der Waals surface area (Å²) in [6, 6.07) is 7.36. The molecule has 0 amide bonds. The first-order valence-electron chi connectivity index (χ1n) is 6.71. The molecule has 0 aliphatic rings. The van der Waals surface area contributed by atoms with E-state index in [-0.39, 0.29) is 35.6 Å². The van der Waals surface area contributed by atoms with Crippen LogP contribution < -0.4 is 15.4 Å². The number of guanidine groups is 1. The minimum Gasteiger partial charge on any atom is -0.489 e. The van der Waals surface area contributed by atoms with Crippen LogP contribution in [0.2, 0.25) is 5.02 Å². The van der Waals surface area contributed by atoms with Crippen LogP contribution >= 0.6 is 35.6 Å². The lowest BCUT2D eigenvalue weighted by molar-refractivity contribution is 0.223. The zero-order chi connectivity index (χ0) is 15.2. The lowest BCUT2D eigenvalue weighted by Gasteiger charge is -2.25. The van der Waals surface area contributed by atoms with Crippen LogP contribution in [-0.2, 0) is 0 Å². The summed E-state index contributed by atoms with van der Waals surface area (Å²) in [6.45, 7) is 8.94. The zero-order valence-corrected chi connectivity index (χ0v) is 16.3. The van der Waals surface area contributed by atoms with Crippen molar-refractivity contribution in [2.45, 2.75) is 39.3 Å². The molecule has 0 bridgehead atoms. The topological polar surface area (TPSA) is 45.7 Å². The van der Waals surface area contributed by atoms with Gasteiger partial charge in [0.25, 0.3) is 0 Å². The Morgan fingerprint density at radius 1 is 1.29 bits per heavy atom. The summed E-state index contributed by atoms with van der Waals surface area (Å²) < 4.78 is 5.79. The van der Waals surface area contributed by atoms with Gasteiger partial charge in [0, 0.05) is 17.6 Å². The Hall–Kier alpha value is -0.690. The highest BCUT2D eigenvalue weighted by molar-refractivity contribution is 14.0. The van der Waals surface area contributed by atoms with Crippen molar-refractivity contribution in [1.82, 2.24) is 10.6 Å². The summed E-state index contributed by atoms with van der Waals surface area (Å²) in [5.74, 6) is 1.58. The van der Waals surface area contributed by atoms with Crippen LogP contribution in [-0.4, -0.2) is 31.2 Å². The number of hydrogen-bond donors (Lipinski definition) is 2. The second-order valence-electron chi connectivity index (χ2n) is 5.71. The third kappa shape index (κ3) is 9.03. The molecular weight excluding hydrogens is 401 g/mol. The van der Waals surface area contributed by atoms with Crippen LogP contribution in [0.1, 0.15) is 27.7 Å². The molecule has 21 heavy (non-hydrogen) atoms. The van der Waals surface area contributed by atoms with Crippen molar-refractivity contribution in [3.05, 3.63) is 29.3 Å². The quantitative estimate of drug-likeness (QED) is 0.439. The Labute approximate surface area is 149 Å². The monoisotopic (exact) mass is 425 g/mol. The minimum atomic E-state index is -0.0257. The van der Waals surface area contributed by atoms with E-state index in [9.17, 15) is 0 Å². The summed E-state index contributed by atoms with van der Waals surface area (Å²) in [5.41, 5.74) is -0.0257. The Bertz CT molecular complexity index is 443. The van der Waals surface area contributed by atoms with Crippen molar-refractivity contribution in [2.24, 2.45) is 4.99 Å². The highest BCUT2D eigenvalue weighted by Gasteiger charge is 2.12. The van der Waals surface area contributed by atoms with Crippen LogP contribution in [0.4, 0.5) is 0 Å². The fourth-order valence-electron chi connectivity index (χ4n) is 1.56. The Morgan fingerprint density at radius 2 is 1.86 bits per heavy atom. The van der Waals surface area contributed by atoms with Crippen LogP contribution in [0.3, 0.4) is 0 Å². The maximum atomic E-state index is 5.84. The molecule has 0 heterocycles. The number of nitrogens with zero attached hydrogens (tertiary/aromatic N) is 1. The maximum absolute atomic E-state index is 5.84. The van der Waals surface area contributed by atoms with Crippen LogP contribution in [0.25, 0.3) is 0 Å². The number of halogens is 2. The first-order valence-corrected chi connectivity index (χ1v) is 7.09. The van der Waals surface area contributed by atoms with E-state index in [1.54, 1.807) is 7.05 Å². The van der Waals surface area contributed by atoms with Crippen molar-refractivity contribution in [3.63, 3.8) is 0 Å². The molecule has 0 aliphatic heterocycles. The highest BCUT2D eigenvalue weighted by Crippen LogP contribution is 2.16. The maximum Gasteiger partial charge on any atom is 0.191 e. The van der Waals surface area contributed by atoms with Crippen molar-refractivity contribution < 1.29 is 4.74 Å². The average Bonchev–Trinajstić information content (AvgIpc) is 2.36. The van der Waals surface area contributed by atoms with Gasteiger partial charge < -0.3 is 15.4 Å². The van der Waals surface area contributed by atoms with Gasteiger partial charge >= 0.3 is 0 Å². The number of ether oxygens (including phenoxy) is 1. The molecule has 0 saturated carbocycles. The van der Waals surface area contributed by atoms with Gasteiger partial charge in [-0.3, -0.25) is 4.99 Å². The Kier molecular flexibility index (Phi) is 9.04. The van der Waals surface area contributed by atoms with Gasteiger partial charge in [-0.2, -0.15) is 0 Å². The lowest BCUT2D eigenvalue weighted by atomic mass is 10.1. The molecule has 6 heteroatoms. The SMILES string of the molecule is CN=C(NCC(C)Oc1ccc(Cl)cc1)NC(C)(C)C.I. The molecule has 1 atom stereocenters. The van der Waals surface area contributed by atoms with E-state index < -0.39 is 0 Å². The van der Waals surface area contributed by atoms with E-state index in [1.165, 1.54) is 0 Å². The summed E-state index contributed by atoms with van der Waals surface area (Å²) in [4.78, 5) is 4.19. The first-order chi connectivity index (χ1) is 9.30. The van der Waals surface area contributed by atoms with E-state index >= 15 is 0 Å². The number of benzene rings is 1. The largest absolute Gasteiger partial charge is 0.489 e. The summed E-state index contributed by atoms with van der Waals surface area (Å²) in [7, 11) is 1.76. The standard InChI is InChI=1S/C15H24ClN3O.HI/c1-11(20-13-8-6-12(16)7-9-13)10-18-14(17-5)19-15(2,3)4;/h6-9,11H,10H2,1-5H3,(H2,17,18,19);1H. The summed E-state index contributed by atoms with van der Waals surface area (Å²) in [5, 5.41) is 7.25. The van der Waals surface area contributed by atoms with Crippen molar-refractivity contribution in [2.75, 3.05) is 13.6 Å². The van der Waals surface area contributed by atoms with Gasteiger partial charge in [0.05, 0.1) is 6.54 Å². The fourth-order valence-corrected chi connectivity index (χ4v) is 1.69. The molecular formula is C15H25ClIN3O. The van der Waals surface area contributed by atoms with Crippen LogP contribution in [0.15, 0.2) is 29.3 Å². The highest BCUT2D eigenvalue weighted by atomic mass is 127. The van der Waals surface area contributed by atoms with E-state index in [0.29, 0.717) is 11.6 Å². The molecule has 0 spiro atoms. The molecule has 0 radical (unpaired) electrons.